The number of oxazole rings is 1. The van der Waals surface area contributed by atoms with Gasteiger partial charge in [0.2, 0.25) is 5.89 Å². The highest BCUT2D eigenvalue weighted by atomic mass is 16.5. The van der Waals surface area contributed by atoms with Crippen molar-refractivity contribution in [2.24, 2.45) is 0 Å². The Balaban J connectivity index is 1.24. The number of rotatable bonds is 9. The van der Waals surface area contributed by atoms with Gasteiger partial charge in [0, 0.05) is 18.4 Å². The second-order valence-electron chi connectivity index (χ2n) is 8.38. The number of benzene rings is 3. The molecule has 35 heavy (non-hydrogen) atoms. The lowest BCUT2D eigenvalue weighted by atomic mass is 10.1. The molecule has 0 fully saturated rings. The summed E-state index contributed by atoms with van der Waals surface area (Å²) in [6, 6.07) is 28.1. The van der Waals surface area contributed by atoms with Crippen molar-refractivity contribution >= 4 is 0 Å². The maximum absolute atomic E-state index is 6.07. The number of hydrogen-bond acceptors (Lipinski definition) is 5. The molecule has 0 aliphatic rings. The Morgan fingerprint density at radius 3 is 2.34 bits per heavy atom. The molecule has 176 valence electrons. The van der Waals surface area contributed by atoms with Crippen molar-refractivity contribution in [3.05, 3.63) is 113 Å². The Bertz CT molecular complexity index is 1390. The standard InChI is InChI=1S/C29H28N4O2/c1-3-26-28(32-33(31-26)24-14-8-5-9-15-24)20-22-11-10-16-25(19-22)34-18-17-27-21(2)35-29(30-27)23-12-6-4-7-13-23/h4-16,19H,3,17-18,20H2,1-2H3. The highest BCUT2D eigenvalue weighted by molar-refractivity contribution is 5.53. The van der Waals surface area contributed by atoms with Gasteiger partial charge in [-0.05, 0) is 55.3 Å². The van der Waals surface area contributed by atoms with Crippen LogP contribution in [-0.4, -0.2) is 26.6 Å². The van der Waals surface area contributed by atoms with E-state index in [0.29, 0.717) is 25.3 Å². The largest absolute Gasteiger partial charge is 0.493 e. The second-order valence-corrected chi connectivity index (χ2v) is 8.38. The van der Waals surface area contributed by atoms with Crippen LogP contribution >= 0.6 is 0 Å². The number of nitrogens with zero attached hydrogens (tertiary/aromatic N) is 4. The van der Waals surface area contributed by atoms with E-state index in [2.05, 4.69) is 24.0 Å². The maximum atomic E-state index is 6.07. The summed E-state index contributed by atoms with van der Waals surface area (Å²) in [6.45, 7) is 4.58. The van der Waals surface area contributed by atoms with E-state index < -0.39 is 0 Å². The summed E-state index contributed by atoms with van der Waals surface area (Å²) in [4.78, 5) is 6.39. The summed E-state index contributed by atoms with van der Waals surface area (Å²) in [5.41, 5.74) is 6.00. The lowest BCUT2D eigenvalue weighted by Crippen LogP contribution is -2.03. The number of aromatic nitrogens is 4. The van der Waals surface area contributed by atoms with Gasteiger partial charge < -0.3 is 9.15 Å². The Labute approximate surface area is 205 Å². The van der Waals surface area contributed by atoms with Crippen LogP contribution in [0.5, 0.6) is 5.75 Å². The third-order valence-electron chi connectivity index (χ3n) is 5.88. The van der Waals surface area contributed by atoms with Crippen molar-refractivity contribution in [3.8, 4) is 22.9 Å². The van der Waals surface area contributed by atoms with Gasteiger partial charge in [0.05, 0.1) is 29.4 Å². The van der Waals surface area contributed by atoms with E-state index in [4.69, 9.17) is 19.4 Å². The fourth-order valence-corrected chi connectivity index (χ4v) is 4.02. The fraction of sp³-hybridized carbons (Fsp3) is 0.207. The highest BCUT2D eigenvalue weighted by Crippen LogP contribution is 2.22. The monoisotopic (exact) mass is 464 g/mol. The van der Waals surface area contributed by atoms with Gasteiger partial charge >= 0.3 is 0 Å². The normalized spacial score (nSPS) is 11.0. The molecule has 0 aliphatic heterocycles. The van der Waals surface area contributed by atoms with Crippen LogP contribution in [0.3, 0.4) is 0 Å². The Hall–Kier alpha value is -4.19. The van der Waals surface area contributed by atoms with E-state index in [0.717, 1.165) is 51.8 Å². The third kappa shape index (κ3) is 5.32. The summed E-state index contributed by atoms with van der Waals surface area (Å²) in [6.07, 6.45) is 2.22. The molecule has 0 aliphatic carbocycles. The first kappa shape index (κ1) is 22.6. The average Bonchev–Trinajstić information content (AvgIpc) is 3.48. The molecule has 5 rings (SSSR count). The quantitative estimate of drug-likeness (QED) is 0.267. The van der Waals surface area contributed by atoms with Crippen LogP contribution in [0.4, 0.5) is 0 Å². The van der Waals surface area contributed by atoms with E-state index >= 15 is 0 Å². The van der Waals surface area contributed by atoms with Gasteiger partial charge in [0.25, 0.3) is 0 Å². The predicted molar refractivity (Wildman–Crippen MR) is 136 cm³/mol. The number of para-hydroxylation sites is 1. The SMILES string of the molecule is CCc1nn(-c2ccccc2)nc1Cc1cccc(OCCc2nc(-c3ccccc3)oc2C)c1. The molecule has 0 bridgehead atoms. The van der Waals surface area contributed by atoms with Crippen molar-refractivity contribution in [2.75, 3.05) is 6.61 Å². The lowest BCUT2D eigenvalue weighted by Gasteiger charge is -2.07. The van der Waals surface area contributed by atoms with Gasteiger partial charge in [-0.25, -0.2) is 4.98 Å². The summed E-state index contributed by atoms with van der Waals surface area (Å²) < 4.78 is 11.9. The van der Waals surface area contributed by atoms with Gasteiger partial charge in [0.1, 0.15) is 11.5 Å². The number of aryl methyl sites for hydroxylation is 2. The smallest absolute Gasteiger partial charge is 0.226 e. The molecule has 2 heterocycles. The van der Waals surface area contributed by atoms with Crippen molar-refractivity contribution in [2.45, 2.75) is 33.1 Å². The fourth-order valence-electron chi connectivity index (χ4n) is 4.02. The zero-order valence-electron chi connectivity index (χ0n) is 20.0. The van der Waals surface area contributed by atoms with Crippen LogP contribution in [0, 0.1) is 6.92 Å². The van der Waals surface area contributed by atoms with Crippen LogP contribution in [0.25, 0.3) is 17.1 Å². The Morgan fingerprint density at radius 1 is 0.829 bits per heavy atom. The highest BCUT2D eigenvalue weighted by Gasteiger charge is 2.13. The molecule has 0 saturated carbocycles. The topological polar surface area (TPSA) is 66.0 Å². The van der Waals surface area contributed by atoms with Crippen LogP contribution < -0.4 is 4.74 Å². The Morgan fingerprint density at radius 2 is 1.57 bits per heavy atom. The first-order chi connectivity index (χ1) is 17.2. The van der Waals surface area contributed by atoms with Gasteiger partial charge in [-0.1, -0.05) is 55.5 Å². The molecule has 0 atom stereocenters. The molecular formula is C29H28N4O2. The molecule has 2 aromatic heterocycles. The predicted octanol–water partition coefficient (Wildman–Crippen LogP) is 6.01. The van der Waals surface area contributed by atoms with E-state index in [-0.39, 0.29) is 0 Å². The molecule has 3 aromatic carbocycles. The van der Waals surface area contributed by atoms with Gasteiger partial charge in [-0.15, -0.1) is 0 Å². The van der Waals surface area contributed by atoms with E-state index in [1.165, 1.54) is 0 Å². The van der Waals surface area contributed by atoms with Gasteiger partial charge in [-0.3, -0.25) is 0 Å². The summed E-state index contributed by atoms with van der Waals surface area (Å²) in [5.74, 6) is 2.31. The first-order valence-corrected chi connectivity index (χ1v) is 11.9. The lowest BCUT2D eigenvalue weighted by molar-refractivity contribution is 0.319. The van der Waals surface area contributed by atoms with Crippen LogP contribution in [0.2, 0.25) is 0 Å². The van der Waals surface area contributed by atoms with Gasteiger partial charge in [-0.2, -0.15) is 15.0 Å². The van der Waals surface area contributed by atoms with Crippen molar-refractivity contribution in [1.29, 1.82) is 0 Å². The summed E-state index contributed by atoms with van der Waals surface area (Å²) in [5, 5.41) is 9.45. The molecule has 0 spiro atoms. The van der Waals surface area contributed by atoms with E-state index in [1.54, 1.807) is 4.80 Å². The number of ether oxygens (including phenoxy) is 1. The molecule has 6 heteroatoms. The maximum Gasteiger partial charge on any atom is 0.226 e. The van der Waals surface area contributed by atoms with Crippen LogP contribution in [0.15, 0.2) is 89.3 Å². The van der Waals surface area contributed by atoms with Crippen molar-refractivity contribution in [1.82, 2.24) is 20.0 Å². The number of hydrogen-bond donors (Lipinski definition) is 0. The minimum absolute atomic E-state index is 0.523. The first-order valence-electron chi connectivity index (χ1n) is 11.9. The van der Waals surface area contributed by atoms with E-state index in [1.807, 2.05) is 79.7 Å². The zero-order chi connectivity index (χ0) is 24.0. The third-order valence-corrected chi connectivity index (χ3v) is 5.88. The van der Waals surface area contributed by atoms with Crippen LogP contribution in [-0.2, 0) is 19.3 Å². The molecule has 6 nitrogen and oxygen atoms in total. The average molecular weight is 465 g/mol. The zero-order valence-corrected chi connectivity index (χ0v) is 20.0. The Kier molecular flexibility index (Phi) is 6.70. The molecular weight excluding hydrogens is 436 g/mol. The van der Waals surface area contributed by atoms with E-state index in [9.17, 15) is 0 Å². The van der Waals surface area contributed by atoms with Gasteiger partial charge in [0.15, 0.2) is 0 Å². The molecule has 5 aromatic rings. The van der Waals surface area contributed by atoms with Crippen molar-refractivity contribution < 1.29 is 9.15 Å². The summed E-state index contributed by atoms with van der Waals surface area (Å²) in [7, 11) is 0. The minimum atomic E-state index is 0.523. The second kappa shape index (κ2) is 10.4. The molecule has 0 saturated heterocycles. The molecule has 0 radical (unpaired) electrons. The summed E-state index contributed by atoms with van der Waals surface area (Å²) >= 11 is 0. The molecule has 0 amide bonds. The molecule has 0 N–H and O–H groups in total. The minimum Gasteiger partial charge on any atom is -0.493 e. The molecule has 0 unspecified atom stereocenters. The van der Waals surface area contributed by atoms with Crippen molar-refractivity contribution in [3.63, 3.8) is 0 Å². The van der Waals surface area contributed by atoms with Crippen LogP contribution in [0.1, 0.15) is 35.3 Å².